The van der Waals surface area contributed by atoms with E-state index in [0.29, 0.717) is 17.9 Å². The van der Waals surface area contributed by atoms with E-state index in [1.165, 1.54) is 44.9 Å². The van der Waals surface area contributed by atoms with E-state index in [1.54, 1.807) is 0 Å². The zero-order valence-electron chi connectivity index (χ0n) is 13.1. The molecule has 1 amide bonds. The van der Waals surface area contributed by atoms with Gasteiger partial charge in [0.2, 0.25) is 5.91 Å². The van der Waals surface area contributed by atoms with Crippen LogP contribution in [0.15, 0.2) is 0 Å². The van der Waals surface area contributed by atoms with Gasteiger partial charge < -0.3 is 11.1 Å². The van der Waals surface area contributed by atoms with Crippen LogP contribution in [0.25, 0.3) is 0 Å². The van der Waals surface area contributed by atoms with Crippen LogP contribution in [-0.2, 0) is 4.79 Å². The van der Waals surface area contributed by atoms with Gasteiger partial charge in [-0.15, -0.1) is 0 Å². The molecule has 3 nitrogen and oxygen atoms in total. The molecule has 0 spiro atoms. The summed E-state index contributed by atoms with van der Waals surface area (Å²) in [6, 6.07) is 0.721. The van der Waals surface area contributed by atoms with Crippen LogP contribution >= 0.6 is 0 Å². The van der Waals surface area contributed by atoms with Gasteiger partial charge in [0, 0.05) is 18.0 Å². The van der Waals surface area contributed by atoms with Gasteiger partial charge in [-0.25, -0.2) is 0 Å². The molecule has 2 aliphatic rings. The topological polar surface area (TPSA) is 55.1 Å². The maximum absolute atomic E-state index is 12.4. The molecule has 2 rings (SSSR count). The van der Waals surface area contributed by atoms with Gasteiger partial charge in [-0.1, -0.05) is 32.1 Å². The van der Waals surface area contributed by atoms with Crippen LogP contribution in [0, 0.1) is 11.8 Å². The standard InChI is InChI=1S/C17H32N2O/c1-13(18)14-9-11-15(12-10-14)17(20)19-16-7-5-3-2-4-6-8-16/h13-16H,2-12,18H2,1H3,(H,19,20). The highest BCUT2D eigenvalue weighted by molar-refractivity contribution is 5.79. The lowest BCUT2D eigenvalue weighted by Crippen LogP contribution is -2.41. The summed E-state index contributed by atoms with van der Waals surface area (Å²) in [7, 11) is 0. The minimum absolute atomic E-state index is 0.246. The molecule has 0 aliphatic heterocycles. The third-order valence-corrected chi connectivity index (χ3v) is 5.34. The highest BCUT2D eigenvalue weighted by Gasteiger charge is 2.28. The molecule has 1 unspecified atom stereocenters. The van der Waals surface area contributed by atoms with Crippen molar-refractivity contribution in [1.82, 2.24) is 5.32 Å². The van der Waals surface area contributed by atoms with Crippen molar-refractivity contribution >= 4 is 5.91 Å². The van der Waals surface area contributed by atoms with Crippen molar-refractivity contribution in [3.63, 3.8) is 0 Å². The van der Waals surface area contributed by atoms with Gasteiger partial charge in [-0.3, -0.25) is 4.79 Å². The quantitative estimate of drug-likeness (QED) is 0.833. The first-order valence-corrected chi connectivity index (χ1v) is 8.72. The van der Waals surface area contributed by atoms with Crippen LogP contribution in [0.4, 0.5) is 0 Å². The summed E-state index contributed by atoms with van der Waals surface area (Å²) in [6.45, 7) is 2.10. The molecule has 0 bridgehead atoms. The molecule has 0 saturated heterocycles. The molecule has 0 aromatic heterocycles. The van der Waals surface area contributed by atoms with Crippen molar-refractivity contribution in [1.29, 1.82) is 0 Å². The molecule has 116 valence electrons. The third-order valence-electron chi connectivity index (χ3n) is 5.34. The minimum Gasteiger partial charge on any atom is -0.353 e. The first kappa shape index (κ1) is 15.8. The lowest BCUT2D eigenvalue weighted by atomic mass is 9.78. The van der Waals surface area contributed by atoms with Gasteiger partial charge in [0.25, 0.3) is 0 Å². The highest BCUT2D eigenvalue weighted by atomic mass is 16.1. The van der Waals surface area contributed by atoms with Crippen molar-refractivity contribution in [3.8, 4) is 0 Å². The summed E-state index contributed by atoms with van der Waals surface area (Å²) >= 11 is 0. The van der Waals surface area contributed by atoms with E-state index in [0.717, 1.165) is 25.7 Å². The first-order chi connectivity index (χ1) is 9.66. The van der Waals surface area contributed by atoms with E-state index < -0.39 is 0 Å². The fraction of sp³-hybridized carbons (Fsp3) is 0.941. The SMILES string of the molecule is CC(N)C1CCC(C(=O)NC2CCCCCCC2)CC1. The van der Waals surface area contributed by atoms with E-state index in [-0.39, 0.29) is 12.0 Å². The van der Waals surface area contributed by atoms with Crippen LogP contribution in [0.5, 0.6) is 0 Å². The monoisotopic (exact) mass is 280 g/mol. The smallest absolute Gasteiger partial charge is 0.223 e. The number of rotatable bonds is 3. The normalized spacial score (nSPS) is 31.1. The van der Waals surface area contributed by atoms with E-state index >= 15 is 0 Å². The molecular weight excluding hydrogens is 248 g/mol. The zero-order valence-corrected chi connectivity index (χ0v) is 13.1. The number of hydrogen-bond acceptors (Lipinski definition) is 2. The van der Waals surface area contributed by atoms with Gasteiger partial charge in [-0.05, 0) is 51.4 Å². The zero-order chi connectivity index (χ0) is 14.4. The molecule has 0 aromatic carbocycles. The van der Waals surface area contributed by atoms with Crippen molar-refractivity contribution in [2.45, 2.75) is 89.6 Å². The number of nitrogens with two attached hydrogens (primary N) is 1. The predicted molar refractivity (Wildman–Crippen MR) is 83.3 cm³/mol. The van der Waals surface area contributed by atoms with Gasteiger partial charge in [0.15, 0.2) is 0 Å². The van der Waals surface area contributed by atoms with Crippen LogP contribution in [0.3, 0.4) is 0 Å². The number of nitrogens with one attached hydrogen (secondary N) is 1. The Morgan fingerprint density at radius 1 is 0.950 bits per heavy atom. The van der Waals surface area contributed by atoms with Crippen LogP contribution in [-0.4, -0.2) is 18.0 Å². The lowest BCUT2D eigenvalue weighted by molar-refractivity contribution is -0.127. The van der Waals surface area contributed by atoms with Gasteiger partial charge in [0.1, 0.15) is 0 Å². The number of hydrogen-bond donors (Lipinski definition) is 2. The maximum atomic E-state index is 12.4. The highest BCUT2D eigenvalue weighted by Crippen LogP contribution is 2.30. The minimum atomic E-state index is 0.246. The number of carbonyl (C=O) groups is 1. The second-order valence-corrected chi connectivity index (χ2v) is 7.02. The van der Waals surface area contributed by atoms with E-state index in [4.69, 9.17) is 5.73 Å². The predicted octanol–water partition coefficient (Wildman–Crippen LogP) is 3.37. The Hall–Kier alpha value is -0.570. The largest absolute Gasteiger partial charge is 0.353 e. The average molecular weight is 280 g/mol. The number of carbonyl (C=O) groups excluding carboxylic acids is 1. The molecule has 2 aliphatic carbocycles. The summed E-state index contributed by atoms with van der Waals surface area (Å²) < 4.78 is 0. The summed E-state index contributed by atoms with van der Waals surface area (Å²) in [5.74, 6) is 1.19. The lowest BCUT2D eigenvalue weighted by Gasteiger charge is -2.31. The molecule has 3 N–H and O–H groups in total. The van der Waals surface area contributed by atoms with Gasteiger partial charge in [0.05, 0.1) is 0 Å². The molecular formula is C17H32N2O. The number of amides is 1. The summed E-state index contributed by atoms with van der Waals surface area (Å²) in [4.78, 5) is 12.4. The van der Waals surface area contributed by atoms with Crippen molar-refractivity contribution in [2.24, 2.45) is 17.6 Å². The molecule has 20 heavy (non-hydrogen) atoms. The van der Waals surface area contributed by atoms with Crippen molar-refractivity contribution < 1.29 is 4.79 Å². The van der Waals surface area contributed by atoms with Crippen LogP contribution in [0.1, 0.15) is 77.6 Å². The molecule has 0 aromatic rings. The molecule has 2 fully saturated rings. The Balaban J connectivity index is 1.74. The molecule has 3 heteroatoms. The average Bonchev–Trinajstić information content (AvgIpc) is 2.41. The van der Waals surface area contributed by atoms with Crippen molar-refractivity contribution in [2.75, 3.05) is 0 Å². The first-order valence-electron chi connectivity index (χ1n) is 8.72. The molecule has 0 radical (unpaired) electrons. The van der Waals surface area contributed by atoms with E-state index in [2.05, 4.69) is 12.2 Å². The van der Waals surface area contributed by atoms with Crippen LogP contribution in [0.2, 0.25) is 0 Å². The Kier molecular flexibility index (Phi) is 6.34. The third kappa shape index (κ3) is 4.76. The summed E-state index contributed by atoms with van der Waals surface area (Å²) in [6.07, 6.45) is 13.3. The molecule has 1 atom stereocenters. The fourth-order valence-corrected chi connectivity index (χ4v) is 3.83. The van der Waals surface area contributed by atoms with E-state index in [1.807, 2.05) is 0 Å². The molecule has 0 heterocycles. The maximum Gasteiger partial charge on any atom is 0.223 e. The second-order valence-electron chi connectivity index (χ2n) is 7.02. The Morgan fingerprint density at radius 2 is 1.50 bits per heavy atom. The Bertz CT molecular complexity index is 287. The van der Waals surface area contributed by atoms with Gasteiger partial charge >= 0.3 is 0 Å². The summed E-state index contributed by atoms with van der Waals surface area (Å²) in [5, 5.41) is 3.33. The van der Waals surface area contributed by atoms with Crippen LogP contribution < -0.4 is 11.1 Å². The fourth-order valence-electron chi connectivity index (χ4n) is 3.83. The summed E-state index contributed by atoms with van der Waals surface area (Å²) in [5.41, 5.74) is 5.97. The van der Waals surface area contributed by atoms with Crippen molar-refractivity contribution in [3.05, 3.63) is 0 Å². The Labute approximate surface area is 124 Å². The molecule has 2 saturated carbocycles. The van der Waals surface area contributed by atoms with E-state index in [9.17, 15) is 4.79 Å². The Morgan fingerprint density at radius 3 is 2.05 bits per heavy atom. The van der Waals surface area contributed by atoms with Gasteiger partial charge in [-0.2, -0.15) is 0 Å². The second kappa shape index (κ2) is 8.02.